The second kappa shape index (κ2) is 5.41. The zero-order valence-electron chi connectivity index (χ0n) is 10.9. The van der Waals surface area contributed by atoms with Crippen LogP contribution in [0.5, 0.6) is 0 Å². The molecule has 0 atom stereocenters. The monoisotopic (exact) mass is 250 g/mol. The number of fused-ring (bicyclic) bond motifs is 2. The number of hydrogen-bond acceptors (Lipinski definition) is 1. The highest BCUT2D eigenvalue weighted by Gasteiger charge is 2.20. The van der Waals surface area contributed by atoms with E-state index < -0.39 is 0 Å². The molecule has 0 heterocycles. The van der Waals surface area contributed by atoms with Crippen LogP contribution in [0.2, 0.25) is 0 Å². The van der Waals surface area contributed by atoms with Crippen LogP contribution >= 0.6 is 0 Å². The molecule has 19 heavy (non-hydrogen) atoms. The van der Waals surface area contributed by atoms with Gasteiger partial charge in [0.05, 0.1) is 0 Å². The summed E-state index contributed by atoms with van der Waals surface area (Å²) in [5.74, 6) is 0.384. The van der Waals surface area contributed by atoms with E-state index in [9.17, 15) is 0 Å². The minimum Gasteiger partial charge on any atom is -0.396 e. The van der Waals surface area contributed by atoms with Gasteiger partial charge in [-0.25, -0.2) is 0 Å². The summed E-state index contributed by atoms with van der Waals surface area (Å²) in [7, 11) is 0. The third kappa shape index (κ3) is 2.34. The Morgan fingerprint density at radius 2 is 1.32 bits per heavy atom. The fraction of sp³-hybridized carbons (Fsp3) is 0.222. The van der Waals surface area contributed by atoms with Crippen molar-refractivity contribution in [3.63, 3.8) is 0 Å². The van der Waals surface area contributed by atoms with Gasteiger partial charge in [-0.15, -0.1) is 0 Å². The van der Waals surface area contributed by atoms with E-state index in [1.54, 1.807) is 0 Å². The summed E-state index contributed by atoms with van der Waals surface area (Å²) in [6.45, 7) is 0.258. The predicted octanol–water partition coefficient (Wildman–Crippen LogP) is 4.07. The Hall–Kier alpha value is -1.86. The fourth-order valence-corrected chi connectivity index (χ4v) is 2.91. The third-order valence-corrected chi connectivity index (χ3v) is 3.84. The third-order valence-electron chi connectivity index (χ3n) is 3.84. The molecule has 0 radical (unpaired) electrons. The fourth-order valence-electron chi connectivity index (χ4n) is 2.91. The number of aliphatic hydroxyl groups is 1. The zero-order chi connectivity index (χ0) is 13.1. The molecule has 0 bridgehead atoms. The summed E-state index contributed by atoms with van der Waals surface area (Å²) in [6.07, 6.45) is 6.24. The van der Waals surface area contributed by atoms with Crippen LogP contribution in [-0.4, -0.2) is 11.7 Å². The lowest BCUT2D eigenvalue weighted by atomic mass is 9.84. The van der Waals surface area contributed by atoms with E-state index >= 15 is 0 Å². The van der Waals surface area contributed by atoms with Gasteiger partial charge in [0.1, 0.15) is 0 Å². The van der Waals surface area contributed by atoms with E-state index in [1.807, 2.05) is 0 Å². The first kappa shape index (κ1) is 12.2. The predicted molar refractivity (Wildman–Crippen MR) is 80.0 cm³/mol. The van der Waals surface area contributed by atoms with Crippen LogP contribution in [-0.2, 0) is 0 Å². The van der Waals surface area contributed by atoms with E-state index in [-0.39, 0.29) is 6.61 Å². The van der Waals surface area contributed by atoms with Gasteiger partial charge in [-0.05, 0) is 35.1 Å². The maximum atomic E-state index is 9.15. The smallest absolute Gasteiger partial charge is 0.0431 e. The lowest BCUT2D eigenvalue weighted by Crippen LogP contribution is -2.04. The number of hydrogen-bond donors (Lipinski definition) is 1. The quantitative estimate of drug-likeness (QED) is 0.870. The van der Waals surface area contributed by atoms with Crippen molar-refractivity contribution in [2.45, 2.75) is 18.8 Å². The summed E-state index contributed by atoms with van der Waals surface area (Å²) >= 11 is 0. The molecule has 0 amide bonds. The second-order valence-electron chi connectivity index (χ2n) is 5.01. The van der Waals surface area contributed by atoms with Crippen LogP contribution in [0, 0.1) is 0 Å². The molecular formula is C18H18O. The van der Waals surface area contributed by atoms with Crippen molar-refractivity contribution in [3.05, 3.63) is 70.8 Å². The Morgan fingerprint density at radius 1 is 0.789 bits per heavy atom. The first-order chi connectivity index (χ1) is 9.40. The van der Waals surface area contributed by atoms with E-state index in [2.05, 4.69) is 60.7 Å². The molecule has 1 aliphatic carbocycles. The Balaban J connectivity index is 2.12. The largest absolute Gasteiger partial charge is 0.396 e. The van der Waals surface area contributed by atoms with Crippen LogP contribution in [0.1, 0.15) is 41.0 Å². The average Bonchev–Trinajstić information content (AvgIpc) is 2.62. The standard InChI is InChI=1S/C18H18O/c19-13-5-10-18-16-8-3-1-6-14(16)11-12-15-7-2-4-9-17(15)18/h1-4,6-9,11-12,18-19H,5,10,13H2. The normalized spacial score (nSPS) is 13.7. The SMILES string of the molecule is OCCCC1c2ccccc2C=Cc2ccccc21. The molecule has 1 heteroatoms. The molecule has 0 fully saturated rings. The lowest BCUT2D eigenvalue weighted by Gasteiger charge is -2.20. The topological polar surface area (TPSA) is 20.2 Å². The van der Waals surface area contributed by atoms with Gasteiger partial charge in [-0.1, -0.05) is 60.7 Å². The van der Waals surface area contributed by atoms with Crippen molar-refractivity contribution >= 4 is 12.2 Å². The first-order valence-corrected chi connectivity index (χ1v) is 6.87. The van der Waals surface area contributed by atoms with Gasteiger partial charge in [-0.3, -0.25) is 0 Å². The first-order valence-electron chi connectivity index (χ1n) is 6.87. The Labute approximate surface area is 114 Å². The van der Waals surface area contributed by atoms with Crippen LogP contribution in [0.4, 0.5) is 0 Å². The van der Waals surface area contributed by atoms with Crippen LogP contribution in [0.15, 0.2) is 48.5 Å². The van der Waals surface area contributed by atoms with Gasteiger partial charge >= 0.3 is 0 Å². The summed E-state index contributed by atoms with van der Waals surface area (Å²) in [4.78, 5) is 0. The molecule has 0 spiro atoms. The molecule has 2 aromatic rings. The van der Waals surface area contributed by atoms with Crippen LogP contribution < -0.4 is 0 Å². The number of rotatable bonds is 3. The molecule has 0 aromatic heterocycles. The van der Waals surface area contributed by atoms with Crippen molar-refractivity contribution in [2.24, 2.45) is 0 Å². The number of aliphatic hydroxyl groups excluding tert-OH is 1. The maximum Gasteiger partial charge on any atom is 0.0431 e. The highest BCUT2D eigenvalue weighted by atomic mass is 16.2. The molecule has 2 aromatic carbocycles. The molecule has 1 N–H and O–H groups in total. The van der Waals surface area contributed by atoms with E-state index in [0.29, 0.717) is 5.92 Å². The molecule has 96 valence electrons. The molecule has 0 saturated heterocycles. The molecular weight excluding hydrogens is 232 g/mol. The van der Waals surface area contributed by atoms with Gasteiger partial charge in [0.2, 0.25) is 0 Å². The van der Waals surface area contributed by atoms with Gasteiger partial charge in [0, 0.05) is 12.5 Å². The summed E-state index contributed by atoms with van der Waals surface area (Å²) in [5.41, 5.74) is 5.33. The van der Waals surface area contributed by atoms with E-state index in [1.165, 1.54) is 22.3 Å². The summed E-state index contributed by atoms with van der Waals surface area (Å²) in [5, 5.41) is 9.15. The molecule has 3 rings (SSSR count). The summed E-state index contributed by atoms with van der Waals surface area (Å²) in [6, 6.07) is 17.1. The van der Waals surface area contributed by atoms with E-state index in [0.717, 1.165) is 12.8 Å². The Morgan fingerprint density at radius 3 is 1.84 bits per heavy atom. The van der Waals surface area contributed by atoms with Gasteiger partial charge < -0.3 is 5.11 Å². The molecule has 1 aliphatic rings. The van der Waals surface area contributed by atoms with E-state index in [4.69, 9.17) is 5.11 Å². The Kier molecular flexibility index (Phi) is 3.47. The molecule has 0 aliphatic heterocycles. The van der Waals surface area contributed by atoms with Gasteiger partial charge in [-0.2, -0.15) is 0 Å². The highest BCUT2D eigenvalue weighted by Crippen LogP contribution is 2.37. The zero-order valence-corrected chi connectivity index (χ0v) is 10.9. The van der Waals surface area contributed by atoms with Crippen molar-refractivity contribution in [3.8, 4) is 0 Å². The molecule has 1 nitrogen and oxygen atoms in total. The van der Waals surface area contributed by atoms with Crippen LogP contribution in [0.25, 0.3) is 12.2 Å². The lowest BCUT2D eigenvalue weighted by molar-refractivity contribution is 0.282. The van der Waals surface area contributed by atoms with Gasteiger partial charge in [0.25, 0.3) is 0 Å². The highest BCUT2D eigenvalue weighted by molar-refractivity contribution is 5.76. The Bertz CT molecular complexity index is 549. The van der Waals surface area contributed by atoms with Crippen molar-refractivity contribution in [1.29, 1.82) is 0 Å². The van der Waals surface area contributed by atoms with Crippen molar-refractivity contribution in [1.82, 2.24) is 0 Å². The maximum absolute atomic E-state index is 9.15. The number of benzene rings is 2. The summed E-state index contributed by atoms with van der Waals surface area (Å²) < 4.78 is 0. The average molecular weight is 250 g/mol. The second-order valence-corrected chi connectivity index (χ2v) is 5.01. The van der Waals surface area contributed by atoms with Crippen LogP contribution in [0.3, 0.4) is 0 Å². The minimum atomic E-state index is 0.258. The molecule has 0 saturated carbocycles. The van der Waals surface area contributed by atoms with Crippen molar-refractivity contribution < 1.29 is 5.11 Å². The molecule has 0 unspecified atom stereocenters. The minimum absolute atomic E-state index is 0.258. The van der Waals surface area contributed by atoms with Gasteiger partial charge in [0.15, 0.2) is 0 Å². The van der Waals surface area contributed by atoms with Crippen molar-refractivity contribution in [2.75, 3.05) is 6.61 Å².